The molecule has 0 radical (unpaired) electrons. The number of rotatable bonds is 6. The molecule has 6 nitrogen and oxygen atoms in total. The fourth-order valence-corrected chi connectivity index (χ4v) is 1.92. The van der Waals surface area contributed by atoms with Crippen LogP contribution in [0.4, 0.5) is 5.69 Å². The van der Waals surface area contributed by atoms with Crippen molar-refractivity contribution >= 4 is 21.6 Å². The second kappa shape index (κ2) is 6.50. The number of halogens is 1. The van der Waals surface area contributed by atoms with Crippen LogP contribution in [-0.2, 0) is 0 Å². The molecule has 102 valence electrons. The highest BCUT2D eigenvalue weighted by Gasteiger charge is 2.19. The van der Waals surface area contributed by atoms with Crippen LogP contribution in [0.15, 0.2) is 22.7 Å². The van der Waals surface area contributed by atoms with Gasteiger partial charge < -0.3 is 10.5 Å². The molecule has 1 aromatic rings. The van der Waals surface area contributed by atoms with E-state index in [9.17, 15) is 10.1 Å². The molecule has 7 heteroatoms. The Kier molecular flexibility index (Phi) is 5.27. The van der Waals surface area contributed by atoms with E-state index < -0.39 is 10.5 Å². The highest BCUT2D eigenvalue weighted by atomic mass is 79.9. The Labute approximate surface area is 119 Å². The lowest BCUT2D eigenvalue weighted by atomic mass is 10.00. The molecule has 0 saturated heterocycles. The van der Waals surface area contributed by atoms with Crippen molar-refractivity contribution in [1.82, 2.24) is 0 Å². The lowest BCUT2D eigenvalue weighted by molar-refractivity contribution is -0.386. The molecule has 0 heterocycles. The third kappa shape index (κ3) is 4.50. The van der Waals surface area contributed by atoms with Gasteiger partial charge in [0.15, 0.2) is 0 Å². The molecule has 0 aromatic heterocycles. The molecule has 1 aromatic carbocycles. The number of nitriles is 1. The smallest absolute Gasteiger partial charge is 0.312 e. The number of hydrogen-bond acceptors (Lipinski definition) is 5. The lowest BCUT2D eigenvalue weighted by Crippen LogP contribution is -2.34. The Bertz CT molecular complexity index is 511. The second-order valence-corrected chi connectivity index (χ2v) is 5.18. The van der Waals surface area contributed by atoms with Gasteiger partial charge in [-0.1, -0.05) is 6.07 Å². The first-order chi connectivity index (χ1) is 8.87. The van der Waals surface area contributed by atoms with Crippen molar-refractivity contribution in [1.29, 1.82) is 5.26 Å². The van der Waals surface area contributed by atoms with E-state index in [1.54, 1.807) is 19.1 Å². The van der Waals surface area contributed by atoms with E-state index in [0.717, 1.165) is 0 Å². The van der Waals surface area contributed by atoms with E-state index >= 15 is 0 Å². The van der Waals surface area contributed by atoms with Crippen LogP contribution in [0.1, 0.15) is 19.8 Å². The van der Waals surface area contributed by atoms with Gasteiger partial charge in [0.2, 0.25) is 5.75 Å². The van der Waals surface area contributed by atoms with E-state index in [4.69, 9.17) is 15.7 Å². The zero-order chi connectivity index (χ0) is 14.5. The van der Waals surface area contributed by atoms with Gasteiger partial charge in [0.1, 0.15) is 5.54 Å². The van der Waals surface area contributed by atoms with Gasteiger partial charge in [-0.15, -0.1) is 0 Å². The van der Waals surface area contributed by atoms with Crippen LogP contribution in [0.2, 0.25) is 0 Å². The molecule has 1 rings (SSSR count). The maximum Gasteiger partial charge on any atom is 0.312 e. The molecule has 1 atom stereocenters. The fourth-order valence-electron chi connectivity index (χ4n) is 1.45. The Hall–Kier alpha value is -1.65. The molecular weight excluding hydrogens is 314 g/mol. The number of nitrogens with two attached hydrogens (primary N) is 1. The summed E-state index contributed by atoms with van der Waals surface area (Å²) in [5.41, 5.74) is 4.68. The SMILES string of the molecule is CC(N)(C#N)CCCOc1c(Br)cccc1[N+](=O)[O-]. The number of hydrogen-bond donors (Lipinski definition) is 1. The van der Waals surface area contributed by atoms with Gasteiger partial charge in [0.25, 0.3) is 0 Å². The Morgan fingerprint density at radius 3 is 2.89 bits per heavy atom. The minimum atomic E-state index is -0.900. The Balaban J connectivity index is 2.64. The van der Waals surface area contributed by atoms with Gasteiger partial charge in [0.05, 0.1) is 22.1 Å². The van der Waals surface area contributed by atoms with Crippen molar-refractivity contribution in [3.05, 3.63) is 32.8 Å². The molecule has 1 unspecified atom stereocenters. The van der Waals surface area contributed by atoms with Gasteiger partial charge in [-0.2, -0.15) is 5.26 Å². The van der Waals surface area contributed by atoms with E-state index in [2.05, 4.69) is 15.9 Å². The summed E-state index contributed by atoms with van der Waals surface area (Å²) in [6, 6.07) is 6.61. The highest BCUT2D eigenvalue weighted by Crippen LogP contribution is 2.34. The maximum atomic E-state index is 10.9. The van der Waals surface area contributed by atoms with Gasteiger partial charge >= 0.3 is 5.69 Å². The molecular formula is C12H14BrN3O3. The van der Waals surface area contributed by atoms with Gasteiger partial charge in [0, 0.05) is 6.07 Å². The minimum absolute atomic E-state index is 0.0924. The average Bonchev–Trinajstić information content (AvgIpc) is 2.35. The molecule has 2 N–H and O–H groups in total. The molecule has 19 heavy (non-hydrogen) atoms. The summed E-state index contributed by atoms with van der Waals surface area (Å²) in [6.45, 7) is 1.89. The maximum absolute atomic E-state index is 10.9. The van der Waals surface area contributed by atoms with Crippen molar-refractivity contribution in [3.63, 3.8) is 0 Å². The molecule has 0 fully saturated rings. The summed E-state index contributed by atoms with van der Waals surface area (Å²) in [6.07, 6.45) is 1.00. The summed E-state index contributed by atoms with van der Waals surface area (Å²) in [7, 11) is 0. The minimum Gasteiger partial charge on any atom is -0.486 e. The predicted octanol–water partition coefficient (Wildman–Crippen LogP) is 2.76. The summed E-state index contributed by atoms with van der Waals surface area (Å²) in [5, 5.41) is 19.6. The van der Waals surface area contributed by atoms with Gasteiger partial charge in [-0.3, -0.25) is 10.1 Å². The molecule has 0 amide bonds. The summed E-state index contributed by atoms with van der Waals surface area (Å²) in [4.78, 5) is 10.4. The van der Waals surface area contributed by atoms with Crippen LogP contribution in [-0.4, -0.2) is 17.1 Å². The summed E-state index contributed by atoms with van der Waals surface area (Å²) >= 11 is 3.21. The molecule has 0 aliphatic heterocycles. The third-order valence-electron chi connectivity index (χ3n) is 2.49. The van der Waals surface area contributed by atoms with E-state index in [-0.39, 0.29) is 18.0 Å². The topological polar surface area (TPSA) is 102 Å². The van der Waals surface area contributed by atoms with E-state index in [0.29, 0.717) is 17.3 Å². The number of ether oxygens (including phenoxy) is 1. The average molecular weight is 328 g/mol. The van der Waals surface area contributed by atoms with Crippen molar-refractivity contribution < 1.29 is 9.66 Å². The monoisotopic (exact) mass is 327 g/mol. The van der Waals surface area contributed by atoms with Crippen LogP contribution in [0.5, 0.6) is 5.75 Å². The first-order valence-electron chi connectivity index (χ1n) is 5.63. The number of nitrogens with zero attached hydrogens (tertiary/aromatic N) is 2. The predicted molar refractivity (Wildman–Crippen MR) is 73.7 cm³/mol. The van der Waals surface area contributed by atoms with Crippen LogP contribution in [0.3, 0.4) is 0 Å². The summed E-state index contributed by atoms with van der Waals surface area (Å²) in [5.74, 6) is 0.197. The normalized spacial score (nSPS) is 13.4. The number of nitro benzene ring substituents is 1. The zero-order valence-corrected chi connectivity index (χ0v) is 12.0. The highest BCUT2D eigenvalue weighted by molar-refractivity contribution is 9.10. The Morgan fingerprint density at radius 2 is 2.32 bits per heavy atom. The van der Waals surface area contributed by atoms with Crippen LogP contribution >= 0.6 is 15.9 Å². The number of benzene rings is 1. The first kappa shape index (κ1) is 15.4. The Morgan fingerprint density at radius 1 is 1.63 bits per heavy atom. The van der Waals surface area contributed by atoms with Gasteiger partial charge in [-0.25, -0.2) is 0 Å². The first-order valence-corrected chi connectivity index (χ1v) is 6.42. The molecule has 0 saturated carbocycles. The quantitative estimate of drug-likeness (QED) is 0.491. The third-order valence-corrected chi connectivity index (χ3v) is 3.11. The fraction of sp³-hybridized carbons (Fsp3) is 0.417. The standard InChI is InChI=1S/C12H14BrN3O3/c1-12(15,8-14)6-3-7-19-11-9(13)4-2-5-10(11)16(17)18/h2,4-5H,3,6-7,15H2,1H3. The lowest BCUT2D eigenvalue weighted by Gasteiger charge is -2.15. The number of para-hydroxylation sites is 1. The summed E-state index contributed by atoms with van der Waals surface area (Å²) < 4.78 is 5.94. The zero-order valence-electron chi connectivity index (χ0n) is 10.4. The van der Waals surface area contributed by atoms with Crippen molar-refractivity contribution in [2.24, 2.45) is 5.73 Å². The molecule has 0 aliphatic carbocycles. The van der Waals surface area contributed by atoms with Crippen molar-refractivity contribution in [3.8, 4) is 11.8 Å². The second-order valence-electron chi connectivity index (χ2n) is 4.33. The molecule has 0 bridgehead atoms. The molecule has 0 spiro atoms. The number of nitro groups is 1. The van der Waals surface area contributed by atoms with Crippen LogP contribution in [0, 0.1) is 21.4 Å². The van der Waals surface area contributed by atoms with E-state index in [1.165, 1.54) is 6.07 Å². The van der Waals surface area contributed by atoms with E-state index in [1.807, 2.05) is 6.07 Å². The van der Waals surface area contributed by atoms with Crippen LogP contribution < -0.4 is 10.5 Å². The van der Waals surface area contributed by atoms with Gasteiger partial charge in [-0.05, 0) is 41.8 Å². The molecule has 0 aliphatic rings. The van der Waals surface area contributed by atoms with Crippen molar-refractivity contribution in [2.75, 3.05) is 6.61 Å². The van der Waals surface area contributed by atoms with Crippen LogP contribution in [0.25, 0.3) is 0 Å². The van der Waals surface area contributed by atoms with Crippen molar-refractivity contribution in [2.45, 2.75) is 25.3 Å². The largest absolute Gasteiger partial charge is 0.486 e.